The minimum absolute atomic E-state index is 0.427. The van der Waals surface area contributed by atoms with E-state index < -0.39 is 43.1 Å². The summed E-state index contributed by atoms with van der Waals surface area (Å²) in [6, 6.07) is 0. The molecule has 7 nitrogen and oxygen atoms in total. The minimum Gasteiger partial charge on any atom is -0.461 e. The summed E-state index contributed by atoms with van der Waals surface area (Å²) in [7, 11) is 0. The van der Waals surface area contributed by atoms with Crippen molar-refractivity contribution in [3.63, 3.8) is 0 Å². The molecule has 0 aliphatic rings. The highest BCUT2D eigenvalue weighted by atomic mass is 16.6. The van der Waals surface area contributed by atoms with Crippen molar-refractivity contribution >= 4 is 5.97 Å². The highest BCUT2D eigenvalue weighted by Gasteiger charge is 2.35. The molecule has 0 aromatic carbocycles. The van der Waals surface area contributed by atoms with Crippen LogP contribution in [0.3, 0.4) is 0 Å². The molecule has 102 valence electrons. The summed E-state index contributed by atoms with van der Waals surface area (Å²) in [5.41, 5.74) is 0. The van der Waals surface area contributed by atoms with Crippen molar-refractivity contribution in [3.05, 3.63) is 0 Å². The van der Waals surface area contributed by atoms with Gasteiger partial charge >= 0.3 is 5.97 Å². The quantitative estimate of drug-likeness (QED) is 0.324. The molecule has 7 heteroatoms. The molecule has 0 aliphatic heterocycles. The third kappa shape index (κ3) is 4.97. The van der Waals surface area contributed by atoms with Gasteiger partial charge in [0.2, 0.25) is 0 Å². The predicted molar refractivity (Wildman–Crippen MR) is 57.0 cm³/mol. The van der Waals surface area contributed by atoms with Crippen LogP contribution >= 0.6 is 0 Å². The molecule has 0 fully saturated rings. The number of aliphatic hydroxyl groups is 5. The summed E-state index contributed by atoms with van der Waals surface area (Å²) in [6.45, 7) is 2.58. The molecule has 0 bridgehead atoms. The molecule has 5 atom stereocenters. The van der Waals surface area contributed by atoms with E-state index in [1.807, 2.05) is 0 Å². The van der Waals surface area contributed by atoms with Crippen LogP contribution in [0, 0.1) is 0 Å². The topological polar surface area (TPSA) is 127 Å². The van der Waals surface area contributed by atoms with E-state index in [4.69, 9.17) is 14.9 Å². The van der Waals surface area contributed by atoms with Gasteiger partial charge in [-0.05, 0) is 13.3 Å². The van der Waals surface area contributed by atoms with Crippen molar-refractivity contribution in [1.29, 1.82) is 0 Å². The summed E-state index contributed by atoms with van der Waals surface area (Å²) >= 11 is 0. The van der Waals surface area contributed by atoms with Crippen molar-refractivity contribution in [3.8, 4) is 0 Å². The Balaban J connectivity index is 4.38. The molecule has 17 heavy (non-hydrogen) atoms. The van der Waals surface area contributed by atoms with Crippen LogP contribution in [0.1, 0.15) is 20.3 Å². The zero-order valence-corrected chi connectivity index (χ0v) is 9.85. The number of hydrogen-bond donors (Lipinski definition) is 5. The Bertz CT molecular complexity index is 233. The van der Waals surface area contributed by atoms with E-state index in [9.17, 15) is 20.1 Å². The van der Waals surface area contributed by atoms with Gasteiger partial charge in [0, 0.05) is 0 Å². The zero-order valence-electron chi connectivity index (χ0n) is 9.85. The van der Waals surface area contributed by atoms with Gasteiger partial charge in [0.1, 0.15) is 18.3 Å². The average molecular weight is 252 g/mol. The van der Waals surface area contributed by atoms with Gasteiger partial charge in [-0.25, -0.2) is 4.79 Å². The Hall–Kier alpha value is -0.730. The molecular formula is C10H20O7. The summed E-state index contributed by atoms with van der Waals surface area (Å²) in [5, 5.41) is 45.6. The molecule has 0 rings (SSSR count). The Morgan fingerprint density at radius 2 is 1.71 bits per heavy atom. The standard InChI is InChI=1S/C10H20O7/c1-3-5(2)17-10(16)9(15)8(14)7(13)6(12)4-11/h5-9,11-15H,3-4H2,1-2H3/t5?,6-,7-,8+,9-/m1/s1. The fourth-order valence-corrected chi connectivity index (χ4v) is 1.01. The Morgan fingerprint density at radius 3 is 2.12 bits per heavy atom. The molecule has 0 saturated heterocycles. The second-order valence-electron chi connectivity index (χ2n) is 3.83. The minimum atomic E-state index is -1.97. The lowest BCUT2D eigenvalue weighted by molar-refractivity contribution is -0.174. The smallest absolute Gasteiger partial charge is 0.338 e. The zero-order chi connectivity index (χ0) is 13.6. The van der Waals surface area contributed by atoms with Gasteiger partial charge in [0.05, 0.1) is 12.7 Å². The number of rotatable bonds is 7. The summed E-state index contributed by atoms with van der Waals surface area (Å²) < 4.78 is 4.74. The first-order chi connectivity index (χ1) is 7.84. The Morgan fingerprint density at radius 1 is 1.18 bits per heavy atom. The molecule has 0 saturated carbocycles. The molecular weight excluding hydrogens is 232 g/mol. The average Bonchev–Trinajstić information content (AvgIpc) is 2.34. The van der Waals surface area contributed by atoms with Gasteiger partial charge in [-0.1, -0.05) is 6.92 Å². The van der Waals surface area contributed by atoms with E-state index >= 15 is 0 Å². The summed E-state index contributed by atoms with van der Waals surface area (Å²) in [5.74, 6) is -1.09. The van der Waals surface area contributed by atoms with Crippen molar-refractivity contribution < 1.29 is 35.1 Å². The molecule has 0 radical (unpaired) electrons. The third-order valence-corrected chi connectivity index (χ3v) is 2.39. The van der Waals surface area contributed by atoms with E-state index in [2.05, 4.69) is 0 Å². The molecule has 0 aliphatic carbocycles. The lowest BCUT2D eigenvalue weighted by Crippen LogP contribution is -2.49. The van der Waals surface area contributed by atoms with E-state index in [-0.39, 0.29) is 0 Å². The van der Waals surface area contributed by atoms with Crippen LogP contribution in [-0.2, 0) is 9.53 Å². The van der Waals surface area contributed by atoms with Crippen molar-refractivity contribution in [2.75, 3.05) is 6.61 Å². The molecule has 0 spiro atoms. The lowest BCUT2D eigenvalue weighted by Gasteiger charge is -2.25. The van der Waals surface area contributed by atoms with Crippen LogP contribution in [-0.4, -0.2) is 68.6 Å². The fourth-order valence-electron chi connectivity index (χ4n) is 1.01. The van der Waals surface area contributed by atoms with Crippen LogP contribution in [0.25, 0.3) is 0 Å². The largest absolute Gasteiger partial charge is 0.461 e. The van der Waals surface area contributed by atoms with Crippen molar-refractivity contribution in [2.45, 2.75) is 50.8 Å². The maximum absolute atomic E-state index is 11.3. The molecule has 0 amide bonds. The molecule has 0 heterocycles. The first-order valence-electron chi connectivity index (χ1n) is 5.38. The van der Waals surface area contributed by atoms with Crippen LogP contribution < -0.4 is 0 Å². The highest BCUT2D eigenvalue weighted by molar-refractivity contribution is 5.75. The number of esters is 1. The molecule has 1 unspecified atom stereocenters. The SMILES string of the molecule is CCC(C)OC(=O)[C@H](O)[C@@H](O)[C@H](O)[C@H](O)CO. The Kier molecular flexibility index (Phi) is 7.24. The monoisotopic (exact) mass is 252 g/mol. The highest BCUT2D eigenvalue weighted by Crippen LogP contribution is 2.08. The second-order valence-corrected chi connectivity index (χ2v) is 3.83. The van der Waals surface area contributed by atoms with Gasteiger partial charge in [0.15, 0.2) is 6.10 Å². The van der Waals surface area contributed by atoms with Crippen molar-refractivity contribution in [1.82, 2.24) is 0 Å². The van der Waals surface area contributed by atoms with E-state index in [1.54, 1.807) is 13.8 Å². The van der Waals surface area contributed by atoms with Crippen LogP contribution in [0.2, 0.25) is 0 Å². The lowest BCUT2D eigenvalue weighted by atomic mass is 10.0. The van der Waals surface area contributed by atoms with Gasteiger partial charge in [-0.3, -0.25) is 0 Å². The predicted octanol–water partition coefficient (Wildman–Crippen LogP) is -2.24. The van der Waals surface area contributed by atoms with Crippen LogP contribution in [0.5, 0.6) is 0 Å². The summed E-state index contributed by atoms with van der Waals surface area (Å²) in [4.78, 5) is 11.3. The maximum atomic E-state index is 11.3. The second kappa shape index (κ2) is 7.57. The van der Waals surface area contributed by atoms with E-state index in [0.29, 0.717) is 6.42 Å². The number of hydrogen-bond acceptors (Lipinski definition) is 7. The molecule has 0 aromatic heterocycles. The van der Waals surface area contributed by atoms with E-state index in [1.165, 1.54) is 0 Å². The van der Waals surface area contributed by atoms with Crippen molar-refractivity contribution in [2.24, 2.45) is 0 Å². The number of carbonyl (C=O) groups is 1. The van der Waals surface area contributed by atoms with Gasteiger partial charge < -0.3 is 30.3 Å². The molecule has 5 N–H and O–H groups in total. The number of ether oxygens (including phenoxy) is 1. The number of carbonyl (C=O) groups excluding carboxylic acids is 1. The van der Waals surface area contributed by atoms with Crippen LogP contribution in [0.4, 0.5) is 0 Å². The van der Waals surface area contributed by atoms with Gasteiger partial charge in [0.25, 0.3) is 0 Å². The first kappa shape index (κ1) is 16.3. The van der Waals surface area contributed by atoms with Gasteiger partial charge in [-0.2, -0.15) is 0 Å². The molecule has 0 aromatic rings. The maximum Gasteiger partial charge on any atom is 0.338 e. The number of aliphatic hydroxyl groups excluding tert-OH is 5. The fraction of sp³-hybridized carbons (Fsp3) is 0.900. The van der Waals surface area contributed by atoms with Gasteiger partial charge in [-0.15, -0.1) is 0 Å². The Labute approximate surface area is 99.3 Å². The van der Waals surface area contributed by atoms with Crippen LogP contribution in [0.15, 0.2) is 0 Å². The summed E-state index contributed by atoms with van der Waals surface area (Å²) in [6.07, 6.45) is -7.26. The normalized spacial score (nSPS) is 20.2. The third-order valence-electron chi connectivity index (χ3n) is 2.39. The first-order valence-corrected chi connectivity index (χ1v) is 5.38. The van der Waals surface area contributed by atoms with E-state index in [0.717, 1.165) is 0 Å².